The molecule has 0 atom stereocenters. The van der Waals surface area contributed by atoms with Crippen LogP contribution < -0.4 is 19.7 Å². The van der Waals surface area contributed by atoms with Crippen molar-refractivity contribution in [3.8, 4) is 11.5 Å². The number of piperazine rings is 1. The first-order chi connectivity index (χ1) is 18.3. The molecule has 10 heteroatoms. The Morgan fingerprint density at radius 2 is 1.68 bits per heavy atom. The third-order valence-electron chi connectivity index (χ3n) is 7.19. The Labute approximate surface area is 226 Å². The van der Waals surface area contributed by atoms with Crippen LogP contribution in [0.15, 0.2) is 47.4 Å². The highest BCUT2D eigenvalue weighted by molar-refractivity contribution is 7.89. The Morgan fingerprint density at radius 3 is 2.34 bits per heavy atom. The quantitative estimate of drug-likeness (QED) is 0.484. The van der Waals surface area contributed by atoms with E-state index in [1.165, 1.54) is 6.08 Å². The molecule has 9 nitrogen and oxygen atoms in total. The van der Waals surface area contributed by atoms with E-state index in [1.54, 1.807) is 54.9 Å². The van der Waals surface area contributed by atoms with E-state index in [4.69, 9.17) is 9.47 Å². The first kappa shape index (κ1) is 27.9. The van der Waals surface area contributed by atoms with Crippen LogP contribution in [0, 0.1) is 0 Å². The van der Waals surface area contributed by atoms with Gasteiger partial charge < -0.3 is 24.6 Å². The number of ether oxygens (including phenoxy) is 2. The minimum Gasteiger partial charge on any atom is -0.497 e. The predicted molar refractivity (Wildman–Crippen MR) is 151 cm³/mol. The maximum absolute atomic E-state index is 13.4. The number of amides is 1. The Morgan fingerprint density at radius 1 is 0.947 bits per heavy atom. The van der Waals surface area contributed by atoms with E-state index >= 15 is 0 Å². The summed E-state index contributed by atoms with van der Waals surface area (Å²) in [4.78, 5) is 17.8. The Balaban J connectivity index is 1.62. The lowest BCUT2D eigenvalue weighted by Gasteiger charge is -2.36. The number of nitrogens with zero attached hydrogens (tertiary/aromatic N) is 3. The minimum atomic E-state index is -3.65. The van der Waals surface area contributed by atoms with Gasteiger partial charge >= 0.3 is 0 Å². The number of rotatable bonds is 9. The van der Waals surface area contributed by atoms with Gasteiger partial charge in [-0.25, -0.2) is 8.42 Å². The lowest BCUT2D eigenvalue weighted by atomic mass is 10.1. The fourth-order valence-corrected chi connectivity index (χ4v) is 6.46. The third-order valence-corrected chi connectivity index (χ3v) is 9.08. The van der Waals surface area contributed by atoms with Crippen molar-refractivity contribution in [2.45, 2.75) is 31.1 Å². The van der Waals surface area contributed by atoms with Crippen molar-refractivity contribution in [3.63, 3.8) is 0 Å². The molecule has 0 unspecified atom stereocenters. The summed E-state index contributed by atoms with van der Waals surface area (Å²) in [5.74, 6) is 0.893. The molecule has 2 aliphatic rings. The number of hydrogen-bond donors (Lipinski definition) is 1. The van der Waals surface area contributed by atoms with Crippen molar-refractivity contribution in [1.82, 2.24) is 9.21 Å². The molecule has 0 radical (unpaired) electrons. The zero-order chi connectivity index (χ0) is 27.1. The van der Waals surface area contributed by atoms with Crippen molar-refractivity contribution < 1.29 is 22.7 Å². The predicted octanol–water partition coefficient (Wildman–Crippen LogP) is 3.67. The molecule has 38 heavy (non-hydrogen) atoms. The van der Waals surface area contributed by atoms with Crippen LogP contribution in [0.5, 0.6) is 11.5 Å². The lowest BCUT2D eigenvalue weighted by molar-refractivity contribution is -0.111. The van der Waals surface area contributed by atoms with Gasteiger partial charge in [0.15, 0.2) is 0 Å². The summed E-state index contributed by atoms with van der Waals surface area (Å²) in [6.45, 7) is 7.60. The molecule has 2 aliphatic heterocycles. The van der Waals surface area contributed by atoms with Gasteiger partial charge in [-0.15, -0.1) is 0 Å². The number of carbonyl (C=O) groups is 1. The van der Waals surface area contributed by atoms with Crippen LogP contribution >= 0.6 is 0 Å². The van der Waals surface area contributed by atoms with E-state index in [1.807, 2.05) is 6.07 Å². The summed E-state index contributed by atoms with van der Waals surface area (Å²) in [6.07, 6.45) is 5.84. The molecule has 4 rings (SSSR count). The average Bonchev–Trinajstić information content (AvgIpc) is 2.96. The molecule has 0 saturated carbocycles. The second-order valence-electron chi connectivity index (χ2n) is 9.50. The Bertz CT molecular complexity index is 1250. The lowest BCUT2D eigenvalue weighted by Crippen LogP contribution is -2.46. The molecule has 1 amide bonds. The molecule has 2 saturated heterocycles. The van der Waals surface area contributed by atoms with Gasteiger partial charge in [-0.3, -0.25) is 4.79 Å². The highest BCUT2D eigenvalue weighted by Gasteiger charge is 2.28. The van der Waals surface area contributed by atoms with Crippen LogP contribution in [0.1, 0.15) is 31.7 Å². The van der Waals surface area contributed by atoms with Crippen LogP contribution in [0.25, 0.3) is 6.08 Å². The fraction of sp³-hybridized carbons (Fsp3) is 0.464. The van der Waals surface area contributed by atoms with Crippen molar-refractivity contribution in [2.75, 3.05) is 70.2 Å². The van der Waals surface area contributed by atoms with Gasteiger partial charge in [0.2, 0.25) is 15.9 Å². The maximum atomic E-state index is 13.4. The molecule has 206 valence electrons. The molecule has 0 aliphatic carbocycles. The van der Waals surface area contributed by atoms with Gasteiger partial charge in [0.05, 0.1) is 30.5 Å². The van der Waals surface area contributed by atoms with Crippen LogP contribution in [0.4, 0.5) is 11.4 Å². The van der Waals surface area contributed by atoms with Gasteiger partial charge in [0.1, 0.15) is 11.5 Å². The van der Waals surface area contributed by atoms with Crippen LogP contribution in [0.3, 0.4) is 0 Å². The van der Waals surface area contributed by atoms with E-state index in [-0.39, 0.29) is 10.8 Å². The van der Waals surface area contributed by atoms with E-state index < -0.39 is 10.0 Å². The maximum Gasteiger partial charge on any atom is 0.248 e. The number of carbonyl (C=O) groups excluding carboxylic acids is 1. The van der Waals surface area contributed by atoms with Crippen LogP contribution in [-0.2, 0) is 14.8 Å². The van der Waals surface area contributed by atoms with E-state index in [0.29, 0.717) is 35.8 Å². The molecule has 1 N–H and O–H groups in total. The second-order valence-corrected chi connectivity index (χ2v) is 11.4. The van der Waals surface area contributed by atoms with Gasteiger partial charge in [0, 0.05) is 50.9 Å². The number of methoxy groups -OCH3 is 2. The number of benzene rings is 2. The summed E-state index contributed by atoms with van der Waals surface area (Å²) in [7, 11) is -0.500. The van der Waals surface area contributed by atoms with Crippen molar-refractivity contribution in [3.05, 3.63) is 48.0 Å². The molecule has 2 fully saturated rings. The molecule has 2 aromatic rings. The van der Waals surface area contributed by atoms with Crippen molar-refractivity contribution in [1.29, 1.82) is 0 Å². The standard InChI is InChI=1S/C28H38N4O5S/c1-4-30-16-18-31(19-17-30)26-11-10-24(38(34,35)32-14-6-5-7-15-32)21-25(26)29-28(33)13-8-22-20-23(36-2)9-12-27(22)37-3/h8-13,20-21H,4-7,14-19H2,1-3H3,(H,29,33). The number of sulfonamides is 1. The van der Waals surface area contributed by atoms with Crippen LogP contribution in [-0.4, -0.2) is 83.6 Å². The summed E-state index contributed by atoms with van der Waals surface area (Å²) in [5.41, 5.74) is 2.00. The smallest absolute Gasteiger partial charge is 0.248 e. The average molecular weight is 543 g/mol. The highest BCUT2D eigenvalue weighted by Crippen LogP contribution is 2.32. The number of likely N-dealkylation sites (N-methyl/N-ethyl adjacent to an activating group) is 1. The van der Waals surface area contributed by atoms with Crippen molar-refractivity contribution in [2.24, 2.45) is 0 Å². The SMILES string of the molecule is CCN1CCN(c2ccc(S(=O)(=O)N3CCCCC3)cc2NC(=O)C=Cc2cc(OC)ccc2OC)CC1. The molecule has 0 aromatic heterocycles. The largest absolute Gasteiger partial charge is 0.497 e. The topological polar surface area (TPSA) is 91.4 Å². The molecule has 2 heterocycles. The van der Waals surface area contributed by atoms with E-state index in [9.17, 15) is 13.2 Å². The summed E-state index contributed by atoms with van der Waals surface area (Å²) in [5, 5.41) is 2.95. The van der Waals surface area contributed by atoms with Gasteiger partial charge in [-0.2, -0.15) is 4.31 Å². The van der Waals surface area contributed by atoms with Gasteiger partial charge in [-0.1, -0.05) is 13.3 Å². The molecular formula is C28H38N4O5S. The number of hydrogen-bond acceptors (Lipinski definition) is 7. The summed E-state index contributed by atoms with van der Waals surface area (Å²) >= 11 is 0. The highest BCUT2D eigenvalue weighted by atomic mass is 32.2. The van der Waals surface area contributed by atoms with Crippen LogP contribution in [0.2, 0.25) is 0 Å². The molecular weight excluding hydrogens is 504 g/mol. The van der Waals surface area contributed by atoms with Crippen molar-refractivity contribution >= 4 is 33.4 Å². The Kier molecular flexibility index (Phi) is 9.30. The van der Waals surface area contributed by atoms with Gasteiger partial charge in [0.25, 0.3) is 0 Å². The normalized spacial score (nSPS) is 17.5. The number of piperidine rings is 1. The van der Waals surface area contributed by atoms with E-state index in [0.717, 1.165) is 57.7 Å². The number of nitrogens with one attached hydrogen (secondary N) is 1. The fourth-order valence-electron chi connectivity index (χ4n) is 4.92. The minimum absolute atomic E-state index is 0.198. The second kappa shape index (κ2) is 12.6. The van der Waals surface area contributed by atoms with E-state index in [2.05, 4.69) is 22.0 Å². The first-order valence-corrected chi connectivity index (χ1v) is 14.6. The first-order valence-electron chi connectivity index (χ1n) is 13.2. The third kappa shape index (κ3) is 6.48. The Hall–Kier alpha value is -3.08. The summed E-state index contributed by atoms with van der Waals surface area (Å²) < 4.78 is 39.0. The van der Waals surface area contributed by atoms with Gasteiger partial charge in [-0.05, 0) is 61.9 Å². The zero-order valence-corrected chi connectivity index (χ0v) is 23.3. The number of anilines is 2. The summed E-state index contributed by atoms with van der Waals surface area (Å²) in [6, 6.07) is 10.4. The molecule has 0 spiro atoms. The molecule has 2 aromatic carbocycles. The molecule has 0 bridgehead atoms. The zero-order valence-electron chi connectivity index (χ0n) is 22.5. The monoisotopic (exact) mass is 542 g/mol.